The first-order chi connectivity index (χ1) is 16.3. The molecule has 1 unspecified atom stereocenters. The lowest BCUT2D eigenvalue weighted by Gasteiger charge is -2.30. The van der Waals surface area contributed by atoms with Crippen molar-refractivity contribution in [1.82, 2.24) is 4.31 Å². The largest absolute Gasteiger partial charge is 0.489 e. The maximum absolute atomic E-state index is 13.1. The number of hydrogen-bond donors (Lipinski definition) is 1. The fourth-order valence-electron chi connectivity index (χ4n) is 4.59. The number of aryl methyl sites for hydroxylation is 1. The van der Waals surface area contributed by atoms with Gasteiger partial charge in [0.15, 0.2) is 0 Å². The maximum atomic E-state index is 13.1. The van der Waals surface area contributed by atoms with Crippen LogP contribution in [0, 0.1) is 6.92 Å². The van der Waals surface area contributed by atoms with Crippen LogP contribution in [0.4, 0.5) is 5.69 Å². The lowest BCUT2D eigenvalue weighted by molar-refractivity contribution is 0.0681. The zero-order valence-corrected chi connectivity index (χ0v) is 20.8. The molecule has 2 aromatic carbocycles. The van der Waals surface area contributed by atoms with E-state index in [0.29, 0.717) is 23.6 Å². The van der Waals surface area contributed by atoms with E-state index >= 15 is 0 Å². The number of carbonyl (C=O) groups excluding carboxylic acids is 1. The second kappa shape index (κ2) is 10.9. The molecule has 2 aromatic rings. The van der Waals surface area contributed by atoms with Crippen LogP contribution in [-0.2, 0) is 14.8 Å². The highest BCUT2D eigenvalue weighted by molar-refractivity contribution is 7.89. The van der Waals surface area contributed by atoms with E-state index in [2.05, 4.69) is 5.32 Å². The Morgan fingerprint density at radius 1 is 1.06 bits per heavy atom. The van der Waals surface area contributed by atoms with Crippen molar-refractivity contribution >= 4 is 21.6 Å². The first kappa shape index (κ1) is 24.7. The molecule has 1 atom stereocenters. The molecule has 1 amide bonds. The van der Waals surface area contributed by atoms with E-state index in [0.717, 1.165) is 57.1 Å². The minimum absolute atomic E-state index is 0.0383. The minimum atomic E-state index is -3.60. The summed E-state index contributed by atoms with van der Waals surface area (Å²) in [5.41, 5.74) is 1.98. The predicted octanol–water partition coefficient (Wildman–Crippen LogP) is 4.76. The summed E-state index contributed by atoms with van der Waals surface area (Å²) in [5, 5.41) is 2.90. The summed E-state index contributed by atoms with van der Waals surface area (Å²) in [6.07, 6.45) is 7.14. The molecule has 1 saturated carbocycles. The van der Waals surface area contributed by atoms with E-state index in [9.17, 15) is 13.2 Å². The summed E-state index contributed by atoms with van der Waals surface area (Å²) in [4.78, 5) is 13.1. The molecule has 0 bridgehead atoms. The molecular formula is C26H34N2O5S. The van der Waals surface area contributed by atoms with Crippen molar-refractivity contribution in [2.24, 2.45) is 0 Å². The monoisotopic (exact) mass is 486 g/mol. The van der Waals surface area contributed by atoms with Crippen molar-refractivity contribution in [2.75, 3.05) is 25.6 Å². The number of nitrogens with zero attached hydrogens (tertiary/aromatic N) is 1. The topological polar surface area (TPSA) is 84.9 Å². The lowest BCUT2D eigenvalue weighted by Crippen LogP contribution is -2.38. The molecule has 1 aliphatic heterocycles. The molecule has 0 radical (unpaired) electrons. The molecule has 0 aromatic heterocycles. The first-order valence-corrected chi connectivity index (χ1v) is 13.5. The number of nitrogens with one attached hydrogen (secondary N) is 1. The van der Waals surface area contributed by atoms with Crippen LogP contribution in [0.1, 0.15) is 60.9 Å². The van der Waals surface area contributed by atoms with E-state index in [1.165, 1.54) is 16.4 Å². The predicted molar refractivity (Wildman–Crippen MR) is 132 cm³/mol. The normalized spacial score (nSPS) is 19.3. The Bertz CT molecular complexity index is 1090. The number of anilines is 1. The smallest absolute Gasteiger partial charge is 0.255 e. The van der Waals surface area contributed by atoms with Gasteiger partial charge in [-0.25, -0.2) is 8.42 Å². The number of hydrogen-bond acceptors (Lipinski definition) is 5. The van der Waals surface area contributed by atoms with Gasteiger partial charge < -0.3 is 14.8 Å². The molecule has 2 fully saturated rings. The first-order valence-electron chi connectivity index (χ1n) is 12.1. The standard InChI is InChI=1S/C26H34N2O5S/c1-19-10-15-24(25(17-19)33-18-22-9-6-16-32-22)27-26(29)20-11-13-23(14-12-20)34(30,31)28(2)21-7-4-3-5-8-21/h10-15,17,21-22H,3-9,16,18H2,1-2H3,(H,27,29). The van der Waals surface area contributed by atoms with Crippen LogP contribution >= 0.6 is 0 Å². The van der Waals surface area contributed by atoms with Gasteiger partial charge in [0, 0.05) is 25.3 Å². The fraction of sp³-hybridized carbons (Fsp3) is 0.500. The Labute approximate surface area is 202 Å². The second-order valence-corrected chi connectivity index (χ2v) is 11.2. The third-order valence-electron chi connectivity index (χ3n) is 6.72. The number of sulfonamides is 1. The van der Waals surface area contributed by atoms with Crippen molar-refractivity contribution in [3.63, 3.8) is 0 Å². The Balaban J connectivity index is 1.44. The Morgan fingerprint density at radius 2 is 1.79 bits per heavy atom. The summed E-state index contributed by atoms with van der Waals surface area (Å²) >= 11 is 0. The summed E-state index contributed by atoms with van der Waals surface area (Å²) in [6, 6.07) is 11.8. The highest BCUT2D eigenvalue weighted by Crippen LogP contribution is 2.29. The van der Waals surface area contributed by atoms with Gasteiger partial charge in [-0.15, -0.1) is 0 Å². The summed E-state index contributed by atoms with van der Waals surface area (Å²) in [5.74, 6) is 0.271. The van der Waals surface area contributed by atoms with Gasteiger partial charge in [0.25, 0.3) is 5.91 Å². The number of benzene rings is 2. The van der Waals surface area contributed by atoms with E-state index in [-0.39, 0.29) is 22.9 Å². The van der Waals surface area contributed by atoms with Crippen LogP contribution in [0.3, 0.4) is 0 Å². The molecule has 1 aliphatic carbocycles. The molecule has 2 aliphatic rings. The van der Waals surface area contributed by atoms with Gasteiger partial charge in [-0.2, -0.15) is 4.31 Å². The van der Waals surface area contributed by atoms with E-state index in [1.54, 1.807) is 19.2 Å². The number of ether oxygens (including phenoxy) is 2. The highest BCUT2D eigenvalue weighted by atomic mass is 32.2. The van der Waals surface area contributed by atoms with E-state index < -0.39 is 10.0 Å². The number of amides is 1. The maximum Gasteiger partial charge on any atom is 0.255 e. The average molecular weight is 487 g/mol. The molecule has 1 N–H and O–H groups in total. The van der Waals surface area contributed by atoms with Crippen molar-refractivity contribution in [3.05, 3.63) is 53.6 Å². The van der Waals surface area contributed by atoms with E-state index in [1.807, 2.05) is 25.1 Å². The van der Waals surface area contributed by atoms with Gasteiger partial charge >= 0.3 is 0 Å². The van der Waals surface area contributed by atoms with Gasteiger partial charge in [0.2, 0.25) is 10.0 Å². The Kier molecular flexibility index (Phi) is 7.91. The van der Waals surface area contributed by atoms with Crippen LogP contribution < -0.4 is 10.1 Å². The van der Waals surface area contributed by atoms with Crippen LogP contribution in [0.5, 0.6) is 5.75 Å². The van der Waals surface area contributed by atoms with Crippen molar-refractivity contribution < 1.29 is 22.7 Å². The zero-order chi connectivity index (χ0) is 24.1. The quantitative estimate of drug-likeness (QED) is 0.582. The highest BCUT2D eigenvalue weighted by Gasteiger charge is 2.29. The second-order valence-electron chi connectivity index (χ2n) is 9.24. The van der Waals surface area contributed by atoms with Gasteiger partial charge in [0.1, 0.15) is 12.4 Å². The molecular weight excluding hydrogens is 452 g/mol. The fourth-order valence-corrected chi connectivity index (χ4v) is 6.01. The Morgan fingerprint density at radius 3 is 2.47 bits per heavy atom. The molecule has 4 rings (SSSR count). The molecule has 0 spiro atoms. The van der Waals surface area contributed by atoms with Gasteiger partial charge in [-0.3, -0.25) is 4.79 Å². The summed E-state index contributed by atoms with van der Waals surface area (Å²) < 4.78 is 39.2. The molecule has 8 heteroatoms. The van der Waals surface area contributed by atoms with Crippen LogP contribution in [0.15, 0.2) is 47.4 Å². The summed E-state index contributed by atoms with van der Waals surface area (Å²) in [6.45, 7) is 3.16. The lowest BCUT2D eigenvalue weighted by atomic mass is 9.96. The molecule has 1 saturated heterocycles. The van der Waals surface area contributed by atoms with Crippen molar-refractivity contribution in [2.45, 2.75) is 68.9 Å². The number of carbonyl (C=O) groups is 1. The zero-order valence-electron chi connectivity index (χ0n) is 20.0. The SMILES string of the molecule is Cc1ccc(NC(=O)c2ccc(S(=O)(=O)N(C)C3CCCCC3)cc2)c(OCC2CCCO2)c1. The van der Waals surface area contributed by atoms with Crippen LogP contribution in [0.2, 0.25) is 0 Å². The third kappa shape index (κ3) is 5.79. The van der Waals surface area contributed by atoms with Crippen molar-refractivity contribution in [1.29, 1.82) is 0 Å². The van der Waals surface area contributed by atoms with Crippen molar-refractivity contribution in [3.8, 4) is 5.75 Å². The number of rotatable bonds is 8. The Hall–Kier alpha value is -2.42. The third-order valence-corrected chi connectivity index (χ3v) is 8.64. The molecule has 184 valence electrons. The van der Waals surface area contributed by atoms with Gasteiger partial charge in [-0.05, 0) is 74.6 Å². The van der Waals surface area contributed by atoms with Crippen LogP contribution in [0.25, 0.3) is 0 Å². The minimum Gasteiger partial charge on any atom is -0.489 e. The van der Waals surface area contributed by atoms with E-state index in [4.69, 9.17) is 9.47 Å². The molecule has 34 heavy (non-hydrogen) atoms. The average Bonchev–Trinajstić information content (AvgIpc) is 3.38. The van der Waals surface area contributed by atoms with Crippen LogP contribution in [-0.4, -0.2) is 51.0 Å². The molecule has 1 heterocycles. The van der Waals surface area contributed by atoms with Gasteiger partial charge in [0.05, 0.1) is 16.7 Å². The summed E-state index contributed by atoms with van der Waals surface area (Å²) in [7, 11) is -1.94. The van der Waals surface area contributed by atoms with Gasteiger partial charge in [-0.1, -0.05) is 25.3 Å². The molecule has 7 nitrogen and oxygen atoms in total.